The summed E-state index contributed by atoms with van der Waals surface area (Å²) in [6, 6.07) is 0.477. The Morgan fingerprint density at radius 3 is 3.16 bits per heavy atom. The Balaban J connectivity index is 1.56. The van der Waals surface area contributed by atoms with Crippen LogP contribution < -0.4 is 5.32 Å². The molecule has 1 aromatic rings. The number of fused-ring (bicyclic) bond motifs is 1. The topological polar surface area (TPSA) is 50.2 Å². The molecule has 0 aliphatic carbocycles. The van der Waals surface area contributed by atoms with Gasteiger partial charge in [0.2, 0.25) is 5.91 Å². The van der Waals surface area contributed by atoms with Crippen LogP contribution >= 0.6 is 0 Å². The van der Waals surface area contributed by atoms with Crippen molar-refractivity contribution in [1.82, 2.24) is 19.8 Å². The van der Waals surface area contributed by atoms with Crippen molar-refractivity contribution in [2.75, 3.05) is 19.6 Å². The summed E-state index contributed by atoms with van der Waals surface area (Å²) in [6.45, 7) is 3.96. The van der Waals surface area contributed by atoms with E-state index in [1.54, 1.807) is 6.20 Å². The fourth-order valence-corrected chi connectivity index (χ4v) is 3.38. The number of piperidine rings is 2. The van der Waals surface area contributed by atoms with Crippen LogP contribution in [0.4, 0.5) is 0 Å². The molecule has 19 heavy (non-hydrogen) atoms. The third-order valence-corrected chi connectivity index (χ3v) is 4.39. The summed E-state index contributed by atoms with van der Waals surface area (Å²) in [5.41, 5.74) is 0. The molecule has 1 N–H and O–H groups in total. The van der Waals surface area contributed by atoms with E-state index in [-0.39, 0.29) is 0 Å². The minimum absolute atomic E-state index is 0.355. The van der Waals surface area contributed by atoms with E-state index in [4.69, 9.17) is 0 Å². The highest BCUT2D eigenvalue weighted by Crippen LogP contribution is 2.28. The normalized spacial score (nSPS) is 27.4. The van der Waals surface area contributed by atoms with Crippen LogP contribution in [0.25, 0.3) is 0 Å². The van der Waals surface area contributed by atoms with Gasteiger partial charge in [0, 0.05) is 37.9 Å². The molecule has 2 fully saturated rings. The van der Waals surface area contributed by atoms with E-state index >= 15 is 0 Å². The van der Waals surface area contributed by atoms with Crippen LogP contribution in [0.2, 0.25) is 0 Å². The molecule has 0 bridgehead atoms. The number of nitrogens with zero attached hydrogens (tertiary/aromatic N) is 3. The second kappa shape index (κ2) is 5.74. The first-order valence-electron chi connectivity index (χ1n) is 7.30. The summed E-state index contributed by atoms with van der Waals surface area (Å²) >= 11 is 0. The Morgan fingerprint density at radius 2 is 2.32 bits per heavy atom. The van der Waals surface area contributed by atoms with Gasteiger partial charge in [-0.05, 0) is 38.3 Å². The molecule has 2 aliphatic rings. The van der Waals surface area contributed by atoms with Gasteiger partial charge in [-0.2, -0.15) is 0 Å². The molecule has 2 aliphatic heterocycles. The van der Waals surface area contributed by atoms with Crippen LogP contribution in [0.15, 0.2) is 18.7 Å². The third kappa shape index (κ3) is 2.81. The van der Waals surface area contributed by atoms with Crippen molar-refractivity contribution in [2.45, 2.75) is 38.3 Å². The second-order valence-corrected chi connectivity index (χ2v) is 5.60. The van der Waals surface area contributed by atoms with Crippen molar-refractivity contribution in [3.63, 3.8) is 0 Å². The van der Waals surface area contributed by atoms with Crippen molar-refractivity contribution in [1.29, 1.82) is 0 Å². The molecule has 1 amide bonds. The van der Waals surface area contributed by atoms with Crippen molar-refractivity contribution < 1.29 is 4.79 Å². The zero-order valence-corrected chi connectivity index (χ0v) is 11.3. The smallest absolute Gasteiger partial charge is 0.222 e. The van der Waals surface area contributed by atoms with Crippen molar-refractivity contribution in [2.24, 2.45) is 5.92 Å². The Bertz CT molecular complexity index is 417. The van der Waals surface area contributed by atoms with Crippen molar-refractivity contribution >= 4 is 5.91 Å². The maximum absolute atomic E-state index is 12.1. The molecule has 2 saturated heterocycles. The number of hydrogen-bond acceptors (Lipinski definition) is 3. The van der Waals surface area contributed by atoms with Gasteiger partial charge in [-0.3, -0.25) is 4.79 Å². The quantitative estimate of drug-likeness (QED) is 0.876. The van der Waals surface area contributed by atoms with Crippen LogP contribution in [0.1, 0.15) is 25.7 Å². The Kier molecular flexibility index (Phi) is 3.82. The first kappa shape index (κ1) is 12.7. The highest BCUT2D eigenvalue weighted by atomic mass is 16.2. The number of hydrogen-bond donors (Lipinski definition) is 1. The summed E-state index contributed by atoms with van der Waals surface area (Å²) in [4.78, 5) is 18.3. The number of aryl methyl sites for hydroxylation is 1. The average molecular weight is 262 g/mol. The van der Waals surface area contributed by atoms with Gasteiger partial charge < -0.3 is 14.8 Å². The SMILES string of the molecule is O=C1CCC2CNCCC2N1CCCn1ccnc1. The lowest BCUT2D eigenvalue weighted by atomic mass is 9.84. The number of amides is 1. The molecule has 0 aromatic carbocycles. The van der Waals surface area contributed by atoms with Gasteiger partial charge in [-0.25, -0.2) is 4.98 Å². The van der Waals surface area contributed by atoms with E-state index in [1.165, 1.54) is 0 Å². The van der Waals surface area contributed by atoms with Gasteiger partial charge >= 0.3 is 0 Å². The Morgan fingerprint density at radius 1 is 1.37 bits per heavy atom. The third-order valence-electron chi connectivity index (χ3n) is 4.39. The van der Waals surface area contributed by atoms with Crippen LogP contribution in [0, 0.1) is 5.92 Å². The zero-order valence-electron chi connectivity index (χ0n) is 11.3. The molecule has 3 rings (SSSR count). The maximum Gasteiger partial charge on any atom is 0.222 e. The van der Waals surface area contributed by atoms with Crippen LogP contribution in [0.5, 0.6) is 0 Å². The maximum atomic E-state index is 12.1. The van der Waals surface area contributed by atoms with Crippen LogP contribution in [-0.4, -0.2) is 46.0 Å². The number of aromatic nitrogens is 2. The number of imidazole rings is 1. The van der Waals surface area contributed by atoms with Gasteiger partial charge in [-0.15, -0.1) is 0 Å². The summed E-state index contributed by atoms with van der Waals surface area (Å²) in [7, 11) is 0. The molecule has 5 heteroatoms. The molecule has 104 valence electrons. The predicted molar refractivity (Wildman–Crippen MR) is 72.6 cm³/mol. The largest absolute Gasteiger partial charge is 0.339 e. The number of nitrogens with one attached hydrogen (secondary N) is 1. The lowest BCUT2D eigenvalue weighted by Crippen LogP contribution is -2.55. The van der Waals surface area contributed by atoms with E-state index in [0.717, 1.165) is 51.9 Å². The number of carbonyl (C=O) groups is 1. The summed E-state index contributed by atoms with van der Waals surface area (Å²) in [5, 5.41) is 3.45. The van der Waals surface area contributed by atoms with Gasteiger partial charge in [0.15, 0.2) is 0 Å². The fraction of sp³-hybridized carbons (Fsp3) is 0.714. The molecule has 2 atom stereocenters. The lowest BCUT2D eigenvalue weighted by molar-refractivity contribution is -0.139. The molecular weight excluding hydrogens is 240 g/mol. The number of rotatable bonds is 4. The lowest BCUT2D eigenvalue weighted by Gasteiger charge is -2.44. The summed E-state index contributed by atoms with van der Waals surface area (Å²) < 4.78 is 2.08. The van der Waals surface area contributed by atoms with Crippen molar-refractivity contribution in [3.8, 4) is 0 Å². The number of likely N-dealkylation sites (tertiary alicyclic amines) is 1. The monoisotopic (exact) mass is 262 g/mol. The molecular formula is C14H22N4O. The minimum Gasteiger partial charge on any atom is -0.339 e. The zero-order chi connectivity index (χ0) is 13.1. The standard InChI is InChI=1S/C14H22N4O/c19-14-3-2-12-10-15-5-4-13(12)18(14)8-1-7-17-9-6-16-11-17/h6,9,11-13,15H,1-5,7-8,10H2. The highest BCUT2D eigenvalue weighted by molar-refractivity contribution is 5.77. The van der Waals surface area contributed by atoms with Crippen LogP contribution in [-0.2, 0) is 11.3 Å². The molecule has 0 spiro atoms. The second-order valence-electron chi connectivity index (χ2n) is 5.60. The Labute approximate surface area is 114 Å². The molecule has 2 unspecified atom stereocenters. The van der Waals surface area contributed by atoms with E-state index in [0.29, 0.717) is 17.9 Å². The van der Waals surface area contributed by atoms with E-state index in [2.05, 4.69) is 19.8 Å². The number of carbonyl (C=O) groups excluding carboxylic acids is 1. The van der Waals surface area contributed by atoms with Crippen molar-refractivity contribution in [3.05, 3.63) is 18.7 Å². The summed E-state index contributed by atoms with van der Waals surface area (Å²) in [6.07, 6.45) is 9.54. The molecule has 3 heterocycles. The van der Waals surface area contributed by atoms with E-state index in [9.17, 15) is 4.79 Å². The van der Waals surface area contributed by atoms with Gasteiger partial charge in [-0.1, -0.05) is 0 Å². The fourth-order valence-electron chi connectivity index (χ4n) is 3.38. The minimum atomic E-state index is 0.355. The molecule has 0 radical (unpaired) electrons. The van der Waals surface area contributed by atoms with Gasteiger partial charge in [0.25, 0.3) is 0 Å². The van der Waals surface area contributed by atoms with Gasteiger partial charge in [0.05, 0.1) is 6.33 Å². The highest BCUT2D eigenvalue weighted by Gasteiger charge is 2.36. The molecule has 5 nitrogen and oxygen atoms in total. The average Bonchev–Trinajstić information content (AvgIpc) is 2.94. The first-order valence-corrected chi connectivity index (χ1v) is 7.30. The summed E-state index contributed by atoms with van der Waals surface area (Å²) in [5.74, 6) is 1.02. The van der Waals surface area contributed by atoms with E-state index < -0.39 is 0 Å². The van der Waals surface area contributed by atoms with Gasteiger partial charge in [0.1, 0.15) is 0 Å². The first-order chi connectivity index (χ1) is 9.34. The Hall–Kier alpha value is -1.36. The molecule has 0 saturated carbocycles. The van der Waals surface area contributed by atoms with E-state index in [1.807, 2.05) is 12.5 Å². The predicted octanol–water partition coefficient (Wildman–Crippen LogP) is 0.874. The van der Waals surface area contributed by atoms with Crippen LogP contribution in [0.3, 0.4) is 0 Å². The molecule has 1 aromatic heterocycles.